The molecule has 1 rings (SSSR count). The van der Waals surface area contributed by atoms with E-state index in [-0.39, 0.29) is 12.6 Å². The summed E-state index contributed by atoms with van der Waals surface area (Å²) in [5.41, 5.74) is 5.94. The molecule has 1 heterocycles. The van der Waals surface area contributed by atoms with Gasteiger partial charge in [-0.3, -0.25) is 0 Å². The summed E-state index contributed by atoms with van der Waals surface area (Å²) in [5.74, 6) is 0.642. The Labute approximate surface area is 112 Å². The van der Waals surface area contributed by atoms with Crippen molar-refractivity contribution < 1.29 is 13.2 Å². The maximum Gasteiger partial charge on any atom is 0.404 e. The number of halogens is 3. The molecule has 0 radical (unpaired) electrons. The van der Waals surface area contributed by atoms with Crippen molar-refractivity contribution in [2.75, 3.05) is 11.6 Å². The summed E-state index contributed by atoms with van der Waals surface area (Å²) in [6.07, 6.45) is -2.11. The van der Waals surface area contributed by atoms with E-state index in [1.54, 1.807) is 18.3 Å². The van der Waals surface area contributed by atoms with E-state index in [0.717, 1.165) is 5.56 Å². The number of pyridine rings is 1. The van der Waals surface area contributed by atoms with Gasteiger partial charge in [0.1, 0.15) is 11.9 Å². The van der Waals surface area contributed by atoms with Crippen LogP contribution in [-0.2, 0) is 0 Å². The summed E-state index contributed by atoms with van der Waals surface area (Å²) in [4.78, 5) is 4.04. The third-order valence-corrected chi connectivity index (χ3v) is 3.04. The average molecular weight is 294 g/mol. The van der Waals surface area contributed by atoms with Gasteiger partial charge in [-0.2, -0.15) is 13.2 Å². The van der Waals surface area contributed by atoms with Gasteiger partial charge >= 0.3 is 6.18 Å². The summed E-state index contributed by atoms with van der Waals surface area (Å²) in [5, 5.41) is 5.64. The number of hydrogen-bond acceptors (Lipinski definition) is 4. The molecule has 8 heteroatoms. The van der Waals surface area contributed by atoms with E-state index in [0.29, 0.717) is 12.2 Å². The van der Waals surface area contributed by atoms with Gasteiger partial charge in [-0.05, 0) is 33.5 Å². The molecule has 0 spiro atoms. The Bertz CT molecular complexity index is 400. The van der Waals surface area contributed by atoms with E-state index in [1.807, 2.05) is 6.92 Å². The van der Waals surface area contributed by atoms with Crippen LogP contribution in [0.5, 0.6) is 0 Å². The maximum absolute atomic E-state index is 12.3. The van der Waals surface area contributed by atoms with E-state index in [2.05, 4.69) is 24.8 Å². The Morgan fingerprint density at radius 1 is 1.47 bits per heavy atom. The minimum atomic E-state index is -4.38. The molecule has 4 N–H and O–H groups in total. The fourth-order valence-electron chi connectivity index (χ4n) is 1.63. The highest BCUT2D eigenvalue weighted by molar-refractivity contribution is 7.18. The van der Waals surface area contributed by atoms with Crippen LogP contribution >= 0.6 is 9.39 Å². The van der Waals surface area contributed by atoms with E-state index in [1.165, 1.54) is 0 Å². The zero-order valence-electron chi connectivity index (χ0n) is 10.5. The van der Waals surface area contributed by atoms with Crippen LogP contribution in [0, 0.1) is 0 Å². The predicted molar refractivity (Wildman–Crippen MR) is 72.6 cm³/mol. The highest BCUT2D eigenvalue weighted by Gasteiger charge is 2.36. The van der Waals surface area contributed by atoms with Crippen LogP contribution < -0.4 is 16.1 Å². The zero-order valence-corrected chi connectivity index (χ0v) is 11.7. The summed E-state index contributed by atoms with van der Waals surface area (Å²) in [6, 6.07) is 1.51. The quantitative estimate of drug-likeness (QED) is 0.704. The second-order valence-corrected chi connectivity index (χ2v) is 4.42. The molecule has 19 heavy (non-hydrogen) atoms. The second kappa shape index (κ2) is 7.03. The lowest BCUT2D eigenvalue weighted by molar-refractivity contribution is -0.146. The van der Waals surface area contributed by atoms with Gasteiger partial charge in [0.15, 0.2) is 0 Å². The molecule has 0 amide bonds. The van der Waals surface area contributed by atoms with Crippen LogP contribution in [0.2, 0.25) is 0 Å². The molecular weight excluding hydrogens is 276 g/mol. The number of nitrogens with two attached hydrogens (primary N) is 1. The Kier molecular flexibility index (Phi) is 5.97. The van der Waals surface area contributed by atoms with Gasteiger partial charge in [0.2, 0.25) is 0 Å². The van der Waals surface area contributed by atoms with Gasteiger partial charge in [-0.25, -0.2) is 4.98 Å². The third-order valence-electron chi connectivity index (χ3n) is 2.75. The summed E-state index contributed by atoms with van der Waals surface area (Å²) >= 11 is 0. The number of rotatable bonds is 6. The molecule has 108 valence electrons. The normalized spacial score (nSPS) is 15.1. The molecule has 0 fully saturated rings. The molecule has 1 aromatic rings. The van der Waals surface area contributed by atoms with E-state index in [9.17, 15) is 13.2 Å². The topological polar surface area (TPSA) is 63.0 Å². The molecule has 4 nitrogen and oxygen atoms in total. The van der Waals surface area contributed by atoms with Crippen LogP contribution in [-0.4, -0.2) is 23.7 Å². The summed E-state index contributed by atoms with van der Waals surface area (Å²) in [7, 11) is 2.32. The molecule has 0 saturated carbocycles. The monoisotopic (exact) mass is 294 g/mol. The first-order valence-corrected chi connectivity index (χ1v) is 6.44. The van der Waals surface area contributed by atoms with Crippen molar-refractivity contribution in [2.45, 2.75) is 31.6 Å². The molecule has 0 aliphatic carbocycles. The van der Waals surface area contributed by atoms with Gasteiger partial charge in [-0.1, -0.05) is 6.92 Å². The van der Waals surface area contributed by atoms with Crippen molar-refractivity contribution >= 4 is 15.2 Å². The highest BCUT2D eigenvalue weighted by atomic mass is 31.0. The largest absolute Gasteiger partial charge is 0.404 e. The minimum Gasteiger partial charge on any atom is -0.355 e. The SMILES string of the molecule is CCC(NCC(N)C(F)(F)F)c1ccnc(NP)c1. The Balaban J connectivity index is 2.67. The third kappa shape index (κ3) is 4.93. The van der Waals surface area contributed by atoms with E-state index in [4.69, 9.17) is 5.73 Å². The first kappa shape index (κ1) is 16.1. The summed E-state index contributed by atoms with van der Waals surface area (Å²) in [6.45, 7) is 1.58. The minimum absolute atomic E-state index is 0.187. The predicted octanol–water partition coefficient (Wildman–Crippen LogP) is 2.21. The Morgan fingerprint density at radius 2 is 2.16 bits per heavy atom. The van der Waals surface area contributed by atoms with Gasteiger partial charge in [0.05, 0.1) is 0 Å². The van der Waals surface area contributed by atoms with Gasteiger partial charge in [-0.15, -0.1) is 0 Å². The standard InChI is InChI=1S/C11H18F3N4P/c1-2-8(17-6-9(15)11(12,13)14)7-3-4-16-10(5-7)18-19/h3-5,8-9,17H,2,6,15,19H2,1H3,(H,16,18). The molecule has 3 atom stereocenters. The number of alkyl halides is 3. The second-order valence-electron chi connectivity index (χ2n) is 4.14. The lowest BCUT2D eigenvalue weighted by atomic mass is 10.1. The van der Waals surface area contributed by atoms with Crippen LogP contribution in [0.15, 0.2) is 18.3 Å². The molecule has 0 aliphatic heterocycles. The average Bonchev–Trinajstić information content (AvgIpc) is 2.38. The molecule has 3 unspecified atom stereocenters. The first-order chi connectivity index (χ1) is 8.88. The van der Waals surface area contributed by atoms with Gasteiger partial charge in [0, 0.05) is 18.8 Å². The zero-order chi connectivity index (χ0) is 14.5. The highest BCUT2D eigenvalue weighted by Crippen LogP contribution is 2.21. The fraction of sp³-hybridized carbons (Fsp3) is 0.545. The van der Waals surface area contributed by atoms with Crippen molar-refractivity contribution in [3.63, 3.8) is 0 Å². The molecule has 0 saturated heterocycles. The van der Waals surface area contributed by atoms with Crippen LogP contribution in [0.1, 0.15) is 24.9 Å². The molecule has 0 aliphatic rings. The number of aromatic nitrogens is 1. The van der Waals surface area contributed by atoms with Gasteiger partial charge in [0.25, 0.3) is 0 Å². The first-order valence-electron chi connectivity index (χ1n) is 5.86. The fourth-order valence-corrected chi connectivity index (χ4v) is 1.78. The van der Waals surface area contributed by atoms with E-state index >= 15 is 0 Å². The number of nitrogens with zero attached hydrogens (tertiary/aromatic N) is 1. The van der Waals surface area contributed by atoms with Crippen LogP contribution in [0.25, 0.3) is 0 Å². The van der Waals surface area contributed by atoms with Crippen molar-refractivity contribution in [2.24, 2.45) is 5.73 Å². The smallest absolute Gasteiger partial charge is 0.355 e. The van der Waals surface area contributed by atoms with Crippen molar-refractivity contribution in [3.8, 4) is 0 Å². The van der Waals surface area contributed by atoms with Crippen LogP contribution in [0.3, 0.4) is 0 Å². The number of hydrogen-bond donors (Lipinski definition) is 3. The van der Waals surface area contributed by atoms with Gasteiger partial charge < -0.3 is 16.1 Å². The molecule has 1 aromatic heterocycles. The number of nitrogens with one attached hydrogen (secondary N) is 2. The molecular formula is C11H18F3N4P. The van der Waals surface area contributed by atoms with Crippen molar-refractivity contribution in [1.82, 2.24) is 10.3 Å². The lowest BCUT2D eigenvalue weighted by Gasteiger charge is -2.22. The Morgan fingerprint density at radius 3 is 2.68 bits per heavy atom. The number of anilines is 1. The summed E-state index contributed by atoms with van der Waals surface area (Å²) < 4.78 is 37.0. The lowest BCUT2D eigenvalue weighted by Crippen LogP contribution is -2.46. The Hall–Kier alpha value is -0.910. The van der Waals surface area contributed by atoms with Crippen LogP contribution in [0.4, 0.5) is 19.0 Å². The van der Waals surface area contributed by atoms with Crippen molar-refractivity contribution in [3.05, 3.63) is 23.9 Å². The van der Waals surface area contributed by atoms with Crippen molar-refractivity contribution in [1.29, 1.82) is 0 Å². The molecule has 0 aromatic carbocycles. The van der Waals surface area contributed by atoms with E-state index < -0.39 is 12.2 Å². The molecule has 0 bridgehead atoms. The maximum atomic E-state index is 12.3.